The lowest BCUT2D eigenvalue weighted by Gasteiger charge is -2.20. The standard InChI is InChI=1S/C17H19N3O4/c1-10-3-5-12(16(21)19-10)17(22)20-13-7-8-24-15(13)11-4-6-14(23-2)18-9-11/h3-6,9,13,15H,7-8H2,1-2H3,(H,19,21)(H,20,22)/t13-,15+/m0/s1. The first kappa shape index (κ1) is 16.2. The molecule has 0 saturated carbocycles. The van der Waals surface area contributed by atoms with Crippen molar-refractivity contribution in [3.63, 3.8) is 0 Å². The average molecular weight is 329 g/mol. The summed E-state index contributed by atoms with van der Waals surface area (Å²) in [5.74, 6) is 0.113. The SMILES string of the molecule is COc1ccc([C@H]2OCC[C@@H]2NC(=O)c2ccc(C)[nH]c2=O)cn1. The molecule has 1 fully saturated rings. The average Bonchev–Trinajstić information content (AvgIpc) is 3.03. The van der Waals surface area contributed by atoms with Gasteiger partial charge in [-0.1, -0.05) is 0 Å². The fraction of sp³-hybridized carbons (Fsp3) is 0.353. The first-order valence-corrected chi connectivity index (χ1v) is 7.71. The minimum absolute atomic E-state index is 0.0964. The van der Waals surface area contributed by atoms with Crippen molar-refractivity contribution in [1.29, 1.82) is 0 Å². The van der Waals surface area contributed by atoms with Gasteiger partial charge in [0, 0.05) is 30.1 Å². The second-order valence-electron chi connectivity index (χ2n) is 5.68. The largest absolute Gasteiger partial charge is 0.481 e. The van der Waals surface area contributed by atoms with Crippen LogP contribution in [-0.2, 0) is 4.74 Å². The smallest absolute Gasteiger partial charge is 0.260 e. The number of hydrogen-bond donors (Lipinski definition) is 2. The summed E-state index contributed by atoms with van der Waals surface area (Å²) in [7, 11) is 1.55. The fourth-order valence-corrected chi connectivity index (χ4v) is 2.74. The quantitative estimate of drug-likeness (QED) is 0.883. The van der Waals surface area contributed by atoms with E-state index in [1.165, 1.54) is 6.07 Å². The molecule has 1 aliphatic rings. The maximum Gasteiger partial charge on any atom is 0.260 e. The van der Waals surface area contributed by atoms with Crippen LogP contribution in [0.4, 0.5) is 0 Å². The monoisotopic (exact) mass is 329 g/mol. The Balaban J connectivity index is 1.75. The number of methoxy groups -OCH3 is 1. The Morgan fingerprint density at radius 2 is 2.21 bits per heavy atom. The van der Waals surface area contributed by atoms with Gasteiger partial charge in [-0.25, -0.2) is 4.98 Å². The zero-order valence-corrected chi connectivity index (χ0v) is 13.5. The number of carbonyl (C=O) groups excluding carboxylic acids is 1. The summed E-state index contributed by atoms with van der Waals surface area (Å²) in [6.07, 6.45) is 2.05. The molecule has 2 aromatic rings. The molecular weight excluding hydrogens is 310 g/mol. The highest BCUT2D eigenvalue weighted by atomic mass is 16.5. The van der Waals surface area contributed by atoms with E-state index in [4.69, 9.17) is 9.47 Å². The van der Waals surface area contributed by atoms with E-state index in [1.54, 1.807) is 32.4 Å². The Bertz CT molecular complexity index is 785. The zero-order valence-electron chi connectivity index (χ0n) is 13.5. The van der Waals surface area contributed by atoms with Crippen LogP contribution in [0.5, 0.6) is 5.88 Å². The molecule has 0 aliphatic carbocycles. The van der Waals surface area contributed by atoms with Crippen molar-refractivity contribution in [3.8, 4) is 5.88 Å². The highest BCUT2D eigenvalue weighted by Gasteiger charge is 2.31. The third-order valence-corrected chi connectivity index (χ3v) is 4.01. The minimum atomic E-state index is -0.404. The summed E-state index contributed by atoms with van der Waals surface area (Å²) in [5.41, 5.74) is 1.27. The third-order valence-electron chi connectivity index (χ3n) is 4.01. The van der Waals surface area contributed by atoms with E-state index in [9.17, 15) is 9.59 Å². The van der Waals surface area contributed by atoms with Crippen LogP contribution in [0.25, 0.3) is 0 Å². The lowest BCUT2D eigenvalue weighted by molar-refractivity contribution is 0.0819. The van der Waals surface area contributed by atoms with Crippen LogP contribution < -0.4 is 15.6 Å². The van der Waals surface area contributed by atoms with Gasteiger partial charge in [0.2, 0.25) is 5.88 Å². The molecule has 0 bridgehead atoms. The Morgan fingerprint density at radius 3 is 2.88 bits per heavy atom. The number of H-pyrrole nitrogens is 1. The normalized spacial score (nSPS) is 19.9. The first-order chi connectivity index (χ1) is 11.6. The molecule has 0 unspecified atom stereocenters. The molecule has 1 aliphatic heterocycles. The molecule has 3 heterocycles. The number of rotatable bonds is 4. The van der Waals surface area contributed by atoms with E-state index >= 15 is 0 Å². The van der Waals surface area contributed by atoms with Gasteiger partial charge < -0.3 is 19.8 Å². The van der Waals surface area contributed by atoms with Crippen LogP contribution in [-0.4, -0.2) is 35.6 Å². The van der Waals surface area contributed by atoms with Gasteiger partial charge in [0.1, 0.15) is 11.7 Å². The molecule has 2 atom stereocenters. The maximum absolute atomic E-state index is 12.4. The number of nitrogens with one attached hydrogen (secondary N) is 2. The van der Waals surface area contributed by atoms with Crippen molar-refractivity contribution < 1.29 is 14.3 Å². The number of aryl methyl sites for hydroxylation is 1. The molecule has 2 aromatic heterocycles. The molecule has 7 nitrogen and oxygen atoms in total. The molecule has 1 saturated heterocycles. The van der Waals surface area contributed by atoms with E-state index in [2.05, 4.69) is 15.3 Å². The van der Waals surface area contributed by atoms with Crippen LogP contribution in [0.1, 0.15) is 34.1 Å². The molecule has 24 heavy (non-hydrogen) atoms. The molecular formula is C17H19N3O4. The summed E-state index contributed by atoms with van der Waals surface area (Å²) in [6, 6.07) is 6.63. The molecule has 2 N–H and O–H groups in total. The number of ether oxygens (including phenoxy) is 2. The van der Waals surface area contributed by atoms with Gasteiger partial charge in [-0.2, -0.15) is 0 Å². The van der Waals surface area contributed by atoms with E-state index in [1.807, 2.05) is 6.07 Å². The molecule has 3 rings (SSSR count). The Hall–Kier alpha value is -2.67. The van der Waals surface area contributed by atoms with Crippen molar-refractivity contribution in [3.05, 3.63) is 57.6 Å². The zero-order chi connectivity index (χ0) is 17.1. The third kappa shape index (κ3) is 3.30. The number of pyridine rings is 2. The first-order valence-electron chi connectivity index (χ1n) is 7.71. The Morgan fingerprint density at radius 1 is 1.38 bits per heavy atom. The maximum atomic E-state index is 12.4. The van der Waals surface area contributed by atoms with Crippen LogP contribution in [0.2, 0.25) is 0 Å². The topological polar surface area (TPSA) is 93.3 Å². The predicted molar refractivity (Wildman–Crippen MR) is 87.2 cm³/mol. The lowest BCUT2D eigenvalue weighted by Crippen LogP contribution is -2.39. The summed E-state index contributed by atoms with van der Waals surface area (Å²) in [6.45, 7) is 2.30. The summed E-state index contributed by atoms with van der Waals surface area (Å²) in [5, 5.41) is 2.89. The second-order valence-corrected chi connectivity index (χ2v) is 5.68. The Labute approximate surface area is 139 Å². The van der Waals surface area contributed by atoms with E-state index in [0.717, 1.165) is 5.56 Å². The van der Waals surface area contributed by atoms with Crippen molar-refractivity contribution in [2.24, 2.45) is 0 Å². The van der Waals surface area contributed by atoms with Crippen molar-refractivity contribution in [1.82, 2.24) is 15.3 Å². The van der Waals surface area contributed by atoms with E-state index < -0.39 is 11.5 Å². The lowest BCUT2D eigenvalue weighted by atomic mass is 10.0. The summed E-state index contributed by atoms with van der Waals surface area (Å²) >= 11 is 0. The van der Waals surface area contributed by atoms with Gasteiger partial charge >= 0.3 is 0 Å². The van der Waals surface area contributed by atoms with E-state index in [0.29, 0.717) is 24.6 Å². The van der Waals surface area contributed by atoms with E-state index in [-0.39, 0.29) is 17.7 Å². The van der Waals surface area contributed by atoms with Crippen LogP contribution >= 0.6 is 0 Å². The van der Waals surface area contributed by atoms with Gasteiger partial charge in [0.05, 0.1) is 13.2 Å². The number of carbonyl (C=O) groups is 1. The van der Waals surface area contributed by atoms with Crippen molar-refractivity contribution >= 4 is 5.91 Å². The van der Waals surface area contributed by atoms with Crippen molar-refractivity contribution in [2.45, 2.75) is 25.5 Å². The molecule has 126 valence electrons. The number of hydrogen-bond acceptors (Lipinski definition) is 5. The second kappa shape index (κ2) is 6.84. The van der Waals surface area contributed by atoms with Crippen LogP contribution in [0.15, 0.2) is 35.3 Å². The minimum Gasteiger partial charge on any atom is -0.481 e. The molecule has 0 radical (unpaired) electrons. The fourth-order valence-electron chi connectivity index (χ4n) is 2.74. The van der Waals surface area contributed by atoms with Gasteiger partial charge in [0.25, 0.3) is 11.5 Å². The van der Waals surface area contributed by atoms with Gasteiger partial charge in [0.15, 0.2) is 0 Å². The molecule has 0 aromatic carbocycles. The Kier molecular flexibility index (Phi) is 4.61. The predicted octanol–water partition coefficient (Wildman–Crippen LogP) is 1.35. The van der Waals surface area contributed by atoms with Gasteiger partial charge in [-0.05, 0) is 31.5 Å². The summed E-state index contributed by atoms with van der Waals surface area (Å²) < 4.78 is 10.8. The van der Waals surface area contributed by atoms with Crippen molar-refractivity contribution in [2.75, 3.05) is 13.7 Å². The molecule has 0 spiro atoms. The summed E-state index contributed by atoms with van der Waals surface area (Å²) in [4.78, 5) is 31.1. The number of aromatic nitrogens is 2. The number of amides is 1. The molecule has 7 heteroatoms. The van der Waals surface area contributed by atoms with Crippen LogP contribution in [0.3, 0.4) is 0 Å². The number of nitrogens with zero attached hydrogens (tertiary/aromatic N) is 1. The van der Waals surface area contributed by atoms with Gasteiger partial charge in [-0.15, -0.1) is 0 Å². The van der Waals surface area contributed by atoms with Crippen LogP contribution in [0, 0.1) is 6.92 Å². The van der Waals surface area contributed by atoms with Gasteiger partial charge in [-0.3, -0.25) is 9.59 Å². The number of aromatic amines is 1. The molecule has 1 amide bonds. The highest BCUT2D eigenvalue weighted by Crippen LogP contribution is 2.29. The highest BCUT2D eigenvalue weighted by molar-refractivity contribution is 5.94.